The lowest BCUT2D eigenvalue weighted by molar-refractivity contribution is 0.102. The molecule has 1 heterocycles. The zero-order valence-electron chi connectivity index (χ0n) is 12.8. The number of carbonyl (C=O) groups excluding carboxylic acids is 1. The van der Waals surface area contributed by atoms with Crippen molar-refractivity contribution in [3.05, 3.63) is 82.4 Å². The summed E-state index contributed by atoms with van der Waals surface area (Å²) in [6, 6.07) is 14.0. The molecule has 2 N–H and O–H groups in total. The molecule has 0 radical (unpaired) electrons. The monoisotopic (exact) mass is 375 g/mol. The van der Waals surface area contributed by atoms with Gasteiger partial charge in [0.25, 0.3) is 5.91 Å². The van der Waals surface area contributed by atoms with E-state index in [1.54, 1.807) is 42.5 Å². The number of halogens is 3. The van der Waals surface area contributed by atoms with Gasteiger partial charge in [0.15, 0.2) is 0 Å². The van der Waals surface area contributed by atoms with Gasteiger partial charge in [0.2, 0.25) is 0 Å². The van der Waals surface area contributed by atoms with Crippen LogP contribution in [0.25, 0.3) is 0 Å². The van der Waals surface area contributed by atoms with E-state index in [9.17, 15) is 9.18 Å². The van der Waals surface area contributed by atoms with Crippen LogP contribution in [-0.2, 0) is 0 Å². The number of amides is 1. The minimum atomic E-state index is -0.410. The molecule has 1 aromatic heterocycles. The molecule has 2 aromatic carbocycles. The predicted octanol–water partition coefficient (Wildman–Crippen LogP) is 5.52. The third-order valence-corrected chi connectivity index (χ3v) is 3.85. The summed E-state index contributed by atoms with van der Waals surface area (Å²) in [5.41, 5.74) is 1.99. The minimum absolute atomic E-state index is 0.207. The lowest BCUT2D eigenvalue weighted by Crippen LogP contribution is -2.14. The van der Waals surface area contributed by atoms with Gasteiger partial charge in [-0.2, -0.15) is 0 Å². The third-order valence-electron chi connectivity index (χ3n) is 3.30. The molecule has 25 heavy (non-hydrogen) atoms. The van der Waals surface area contributed by atoms with Crippen LogP contribution in [0.15, 0.2) is 60.8 Å². The third kappa shape index (κ3) is 4.47. The van der Waals surface area contributed by atoms with E-state index in [1.807, 2.05) is 0 Å². The molecule has 0 bridgehead atoms. The van der Waals surface area contributed by atoms with E-state index in [0.717, 1.165) is 0 Å². The van der Waals surface area contributed by atoms with Gasteiger partial charge in [0.1, 0.15) is 11.5 Å². The number of rotatable bonds is 4. The van der Waals surface area contributed by atoms with Crippen LogP contribution in [-0.4, -0.2) is 10.9 Å². The zero-order chi connectivity index (χ0) is 17.8. The van der Waals surface area contributed by atoms with Crippen LogP contribution in [0, 0.1) is 5.82 Å². The van der Waals surface area contributed by atoms with Crippen molar-refractivity contribution in [2.75, 3.05) is 10.6 Å². The Morgan fingerprint density at radius 2 is 1.72 bits per heavy atom. The van der Waals surface area contributed by atoms with Crippen molar-refractivity contribution < 1.29 is 9.18 Å². The van der Waals surface area contributed by atoms with Crippen molar-refractivity contribution >= 4 is 46.2 Å². The highest BCUT2D eigenvalue weighted by atomic mass is 35.5. The molecular weight excluding hydrogens is 364 g/mol. The van der Waals surface area contributed by atoms with Gasteiger partial charge in [-0.1, -0.05) is 23.2 Å². The molecule has 0 aliphatic rings. The van der Waals surface area contributed by atoms with Gasteiger partial charge in [-0.3, -0.25) is 9.78 Å². The average Bonchev–Trinajstić information content (AvgIpc) is 2.60. The van der Waals surface area contributed by atoms with E-state index >= 15 is 0 Å². The second kappa shape index (κ2) is 7.51. The van der Waals surface area contributed by atoms with Gasteiger partial charge in [0.05, 0.1) is 10.7 Å². The molecule has 4 nitrogen and oxygen atoms in total. The fourth-order valence-corrected chi connectivity index (χ4v) is 2.57. The molecule has 1 amide bonds. The highest BCUT2D eigenvalue weighted by Gasteiger charge is 2.11. The average molecular weight is 376 g/mol. The quantitative estimate of drug-likeness (QED) is 0.630. The van der Waals surface area contributed by atoms with Gasteiger partial charge in [-0.15, -0.1) is 0 Å². The molecule has 126 valence electrons. The molecule has 0 saturated heterocycles. The molecule has 0 unspecified atom stereocenters. The maximum atomic E-state index is 13.0. The summed E-state index contributed by atoms with van der Waals surface area (Å²) in [5.74, 6) is -0.729. The number of carbonyl (C=O) groups is 1. The van der Waals surface area contributed by atoms with Gasteiger partial charge >= 0.3 is 0 Å². The Morgan fingerprint density at radius 1 is 0.960 bits per heavy atom. The molecule has 0 spiro atoms. The summed E-state index contributed by atoms with van der Waals surface area (Å²) in [6.45, 7) is 0. The smallest absolute Gasteiger partial charge is 0.274 e. The lowest BCUT2D eigenvalue weighted by atomic mass is 10.2. The number of hydrogen-bond donors (Lipinski definition) is 2. The number of aromatic nitrogens is 1. The highest BCUT2D eigenvalue weighted by Crippen LogP contribution is 2.26. The first-order valence-corrected chi connectivity index (χ1v) is 8.02. The zero-order valence-corrected chi connectivity index (χ0v) is 14.3. The van der Waals surface area contributed by atoms with Crippen LogP contribution in [0.4, 0.5) is 21.5 Å². The Hall–Kier alpha value is -2.63. The number of hydrogen-bond acceptors (Lipinski definition) is 3. The van der Waals surface area contributed by atoms with E-state index in [2.05, 4.69) is 15.6 Å². The van der Waals surface area contributed by atoms with Crippen LogP contribution in [0.1, 0.15) is 10.5 Å². The summed E-state index contributed by atoms with van der Waals surface area (Å²) in [7, 11) is 0. The van der Waals surface area contributed by atoms with E-state index in [-0.39, 0.29) is 11.5 Å². The standard InChI is InChI=1S/C18H12Cl2FN3O/c19-11-1-6-16(15(20)9-11)24-18(25)17-10-14(7-8-22-17)23-13-4-2-12(21)3-5-13/h1-10H,(H,22,23)(H,24,25). The summed E-state index contributed by atoms with van der Waals surface area (Å²) in [5, 5.41) is 6.57. The summed E-state index contributed by atoms with van der Waals surface area (Å²) in [4.78, 5) is 16.4. The Bertz CT molecular complexity index is 916. The summed E-state index contributed by atoms with van der Waals surface area (Å²) < 4.78 is 13.0. The van der Waals surface area contributed by atoms with Crippen molar-refractivity contribution in [3.8, 4) is 0 Å². The van der Waals surface area contributed by atoms with Crippen molar-refractivity contribution in [2.24, 2.45) is 0 Å². The lowest BCUT2D eigenvalue weighted by Gasteiger charge is -2.09. The summed E-state index contributed by atoms with van der Waals surface area (Å²) >= 11 is 11.9. The van der Waals surface area contributed by atoms with E-state index in [4.69, 9.17) is 23.2 Å². The van der Waals surface area contributed by atoms with E-state index < -0.39 is 5.91 Å². The van der Waals surface area contributed by atoms with Crippen molar-refractivity contribution in [3.63, 3.8) is 0 Å². The first-order valence-electron chi connectivity index (χ1n) is 7.26. The predicted molar refractivity (Wildman–Crippen MR) is 98.3 cm³/mol. The van der Waals surface area contributed by atoms with E-state index in [1.165, 1.54) is 18.3 Å². The minimum Gasteiger partial charge on any atom is -0.355 e. The fraction of sp³-hybridized carbons (Fsp3) is 0. The molecule has 0 fully saturated rings. The maximum absolute atomic E-state index is 13.0. The molecular formula is C18H12Cl2FN3O. The maximum Gasteiger partial charge on any atom is 0.274 e. The molecule has 0 aliphatic heterocycles. The van der Waals surface area contributed by atoms with Crippen molar-refractivity contribution in [1.29, 1.82) is 0 Å². The Kier molecular flexibility index (Phi) is 5.16. The van der Waals surface area contributed by atoms with Crippen molar-refractivity contribution in [2.45, 2.75) is 0 Å². The van der Waals surface area contributed by atoms with Crippen LogP contribution >= 0.6 is 23.2 Å². The SMILES string of the molecule is O=C(Nc1ccc(Cl)cc1Cl)c1cc(Nc2ccc(F)cc2)ccn1. The first kappa shape index (κ1) is 17.2. The second-order valence-electron chi connectivity index (χ2n) is 5.14. The first-order chi connectivity index (χ1) is 12.0. The van der Waals surface area contributed by atoms with Gasteiger partial charge in [0, 0.05) is 22.6 Å². The summed E-state index contributed by atoms with van der Waals surface area (Å²) in [6.07, 6.45) is 1.50. The van der Waals surface area contributed by atoms with Crippen LogP contribution in [0.3, 0.4) is 0 Å². The van der Waals surface area contributed by atoms with E-state index in [0.29, 0.717) is 27.1 Å². The van der Waals surface area contributed by atoms with Crippen molar-refractivity contribution in [1.82, 2.24) is 4.98 Å². The molecule has 7 heteroatoms. The Labute approximate surface area is 153 Å². The van der Waals surface area contributed by atoms with Crippen LogP contribution < -0.4 is 10.6 Å². The number of nitrogens with zero attached hydrogens (tertiary/aromatic N) is 1. The number of nitrogens with one attached hydrogen (secondary N) is 2. The normalized spacial score (nSPS) is 10.4. The molecule has 0 atom stereocenters. The topological polar surface area (TPSA) is 54.0 Å². The second-order valence-corrected chi connectivity index (χ2v) is 5.98. The molecule has 0 aliphatic carbocycles. The molecule has 0 saturated carbocycles. The molecule has 3 rings (SSSR count). The van der Waals surface area contributed by atoms with Gasteiger partial charge in [-0.25, -0.2) is 4.39 Å². The highest BCUT2D eigenvalue weighted by molar-refractivity contribution is 6.36. The largest absolute Gasteiger partial charge is 0.355 e. The number of anilines is 3. The van der Waals surface area contributed by atoms with Gasteiger partial charge < -0.3 is 10.6 Å². The van der Waals surface area contributed by atoms with Crippen LogP contribution in [0.2, 0.25) is 10.0 Å². The van der Waals surface area contributed by atoms with Crippen LogP contribution in [0.5, 0.6) is 0 Å². The number of pyridine rings is 1. The van der Waals surface area contributed by atoms with Gasteiger partial charge in [-0.05, 0) is 54.6 Å². The fourth-order valence-electron chi connectivity index (χ4n) is 2.11. The molecule has 3 aromatic rings. The Morgan fingerprint density at radius 3 is 2.44 bits per heavy atom. The Balaban J connectivity index is 1.76. The number of benzene rings is 2.